The van der Waals surface area contributed by atoms with Gasteiger partial charge in [0.05, 0.1) is 10.6 Å². The summed E-state index contributed by atoms with van der Waals surface area (Å²) in [5.74, 6) is -1.67. The molecule has 0 saturated heterocycles. The van der Waals surface area contributed by atoms with Crippen molar-refractivity contribution in [1.29, 1.82) is 0 Å². The molecule has 1 heterocycles. The Labute approximate surface area is 114 Å². The van der Waals surface area contributed by atoms with E-state index in [0.717, 1.165) is 0 Å². The fourth-order valence-corrected chi connectivity index (χ4v) is 1.43. The third kappa shape index (κ3) is 3.11. The van der Waals surface area contributed by atoms with Crippen LogP contribution in [0.5, 0.6) is 0 Å². The predicted molar refractivity (Wildman–Crippen MR) is 68.1 cm³/mol. The first kappa shape index (κ1) is 14.7. The number of halogens is 2. The van der Waals surface area contributed by atoms with Crippen molar-refractivity contribution in [3.63, 3.8) is 0 Å². The first-order chi connectivity index (χ1) is 8.30. The van der Waals surface area contributed by atoms with Gasteiger partial charge in [-0.2, -0.15) is 0 Å². The normalized spacial score (nSPS) is 13.8. The summed E-state index contributed by atoms with van der Waals surface area (Å²) in [6.07, 6.45) is 1.49. The number of hydrogen-bond acceptors (Lipinski definition) is 3. The van der Waals surface area contributed by atoms with Gasteiger partial charge in [-0.25, -0.2) is 9.78 Å². The average molecular weight is 291 g/mol. The molecule has 5 nitrogen and oxygen atoms in total. The molecule has 1 aromatic rings. The Morgan fingerprint density at radius 2 is 2.11 bits per heavy atom. The molecule has 0 aromatic carbocycles. The van der Waals surface area contributed by atoms with Crippen molar-refractivity contribution >= 4 is 35.1 Å². The molecule has 0 fully saturated rings. The molecular formula is C11H12Cl2N2O3. The number of carbonyl (C=O) groups is 2. The minimum absolute atomic E-state index is 0.0877. The zero-order chi connectivity index (χ0) is 13.9. The molecular weight excluding hydrogens is 279 g/mol. The van der Waals surface area contributed by atoms with E-state index in [1.807, 2.05) is 0 Å². The zero-order valence-corrected chi connectivity index (χ0v) is 11.3. The highest BCUT2D eigenvalue weighted by Crippen LogP contribution is 2.20. The molecule has 18 heavy (non-hydrogen) atoms. The number of carbonyl (C=O) groups excluding carboxylic acids is 1. The molecule has 0 aliphatic carbocycles. The van der Waals surface area contributed by atoms with Gasteiger partial charge < -0.3 is 10.4 Å². The van der Waals surface area contributed by atoms with Gasteiger partial charge in [-0.1, -0.05) is 30.1 Å². The summed E-state index contributed by atoms with van der Waals surface area (Å²) in [6, 6.07) is 1.34. The van der Waals surface area contributed by atoms with Gasteiger partial charge in [0.15, 0.2) is 0 Å². The summed E-state index contributed by atoms with van der Waals surface area (Å²) in [5.41, 5.74) is -1.17. The summed E-state index contributed by atoms with van der Waals surface area (Å²) in [7, 11) is 0. The number of hydrogen-bond donors (Lipinski definition) is 2. The maximum atomic E-state index is 11.9. The molecule has 0 spiro atoms. The van der Waals surface area contributed by atoms with E-state index in [0.29, 0.717) is 0 Å². The molecule has 0 saturated carbocycles. The molecule has 0 aliphatic rings. The number of nitrogens with zero attached hydrogens (tertiary/aromatic N) is 1. The summed E-state index contributed by atoms with van der Waals surface area (Å²) >= 11 is 11.4. The fourth-order valence-electron chi connectivity index (χ4n) is 1.16. The number of nitrogens with one attached hydrogen (secondary N) is 1. The van der Waals surface area contributed by atoms with Crippen LogP contribution in [0.25, 0.3) is 0 Å². The maximum absolute atomic E-state index is 11.9. The number of aromatic nitrogens is 1. The number of pyridine rings is 1. The highest BCUT2D eigenvalue weighted by molar-refractivity contribution is 6.41. The second-order valence-electron chi connectivity index (χ2n) is 3.94. The minimum atomic E-state index is -1.33. The lowest BCUT2D eigenvalue weighted by Crippen LogP contribution is -2.51. The van der Waals surface area contributed by atoms with Crippen molar-refractivity contribution in [2.75, 3.05) is 0 Å². The monoisotopic (exact) mass is 290 g/mol. The van der Waals surface area contributed by atoms with Crippen LogP contribution in [0.15, 0.2) is 12.3 Å². The largest absolute Gasteiger partial charge is 0.480 e. The van der Waals surface area contributed by atoms with E-state index < -0.39 is 17.4 Å². The number of rotatable bonds is 4. The second-order valence-corrected chi connectivity index (χ2v) is 4.71. The Morgan fingerprint density at radius 3 is 2.56 bits per heavy atom. The Balaban J connectivity index is 2.95. The minimum Gasteiger partial charge on any atom is -0.480 e. The molecule has 1 amide bonds. The van der Waals surface area contributed by atoms with Gasteiger partial charge in [-0.15, -0.1) is 0 Å². The molecule has 1 rings (SSSR count). The lowest BCUT2D eigenvalue weighted by molar-refractivity contribution is -0.143. The smallest absolute Gasteiger partial charge is 0.329 e. The molecule has 0 aliphatic heterocycles. The van der Waals surface area contributed by atoms with Gasteiger partial charge in [-0.3, -0.25) is 4.79 Å². The SMILES string of the molecule is CCC(C)(NC(=O)c1cnc(Cl)c(Cl)c1)C(=O)O. The standard InChI is InChI=1S/C11H12Cl2N2O3/c1-3-11(2,10(17)18)15-9(16)6-4-7(12)8(13)14-5-6/h4-5H,3H2,1-2H3,(H,15,16)(H,17,18). The Morgan fingerprint density at radius 1 is 1.50 bits per heavy atom. The summed E-state index contributed by atoms with van der Waals surface area (Å²) in [6.45, 7) is 3.10. The average Bonchev–Trinajstić information content (AvgIpc) is 2.32. The van der Waals surface area contributed by atoms with Gasteiger partial charge in [0, 0.05) is 6.20 Å². The van der Waals surface area contributed by atoms with E-state index in [1.165, 1.54) is 19.2 Å². The van der Waals surface area contributed by atoms with E-state index in [4.69, 9.17) is 28.3 Å². The van der Waals surface area contributed by atoms with Gasteiger partial charge in [-0.05, 0) is 19.4 Å². The highest BCUT2D eigenvalue weighted by Gasteiger charge is 2.33. The Hall–Kier alpha value is -1.33. The first-order valence-corrected chi connectivity index (χ1v) is 5.92. The van der Waals surface area contributed by atoms with Crippen molar-refractivity contribution < 1.29 is 14.7 Å². The zero-order valence-electron chi connectivity index (χ0n) is 9.83. The topological polar surface area (TPSA) is 79.3 Å². The van der Waals surface area contributed by atoms with Crippen LogP contribution in [0.2, 0.25) is 10.2 Å². The second kappa shape index (κ2) is 5.54. The van der Waals surface area contributed by atoms with Gasteiger partial charge in [0.25, 0.3) is 5.91 Å². The Kier molecular flexibility index (Phi) is 4.53. The first-order valence-electron chi connectivity index (χ1n) is 5.17. The van der Waals surface area contributed by atoms with E-state index in [2.05, 4.69) is 10.3 Å². The summed E-state index contributed by atoms with van der Waals surface area (Å²) in [4.78, 5) is 26.7. The Bertz CT molecular complexity index is 493. The van der Waals surface area contributed by atoms with Crippen LogP contribution in [0.4, 0.5) is 0 Å². The predicted octanol–water partition coefficient (Wildman–Crippen LogP) is 2.37. The van der Waals surface area contributed by atoms with E-state index >= 15 is 0 Å². The van der Waals surface area contributed by atoms with Crippen LogP contribution in [0.3, 0.4) is 0 Å². The molecule has 2 N–H and O–H groups in total. The van der Waals surface area contributed by atoms with E-state index in [9.17, 15) is 9.59 Å². The number of carboxylic acids is 1. The maximum Gasteiger partial charge on any atom is 0.329 e. The summed E-state index contributed by atoms with van der Waals surface area (Å²) < 4.78 is 0. The third-order valence-corrected chi connectivity index (χ3v) is 3.31. The van der Waals surface area contributed by atoms with Crippen LogP contribution in [-0.2, 0) is 4.79 Å². The molecule has 1 aromatic heterocycles. The van der Waals surface area contributed by atoms with Crippen LogP contribution < -0.4 is 5.32 Å². The van der Waals surface area contributed by atoms with Crippen molar-refractivity contribution in [1.82, 2.24) is 10.3 Å². The third-order valence-electron chi connectivity index (χ3n) is 2.63. The quantitative estimate of drug-likeness (QED) is 0.835. The lowest BCUT2D eigenvalue weighted by Gasteiger charge is -2.24. The molecule has 7 heteroatoms. The molecule has 0 bridgehead atoms. The van der Waals surface area contributed by atoms with Crippen molar-refractivity contribution in [3.05, 3.63) is 28.0 Å². The van der Waals surface area contributed by atoms with Crippen molar-refractivity contribution in [3.8, 4) is 0 Å². The van der Waals surface area contributed by atoms with Crippen LogP contribution in [0.1, 0.15) is 30.6 Å². The lowest BCUT2D eigenvalue weighted by atomic mass is 9.99. The molecule has 1 atom stereocenters. The highest BCUT2D eigenvalue weighted by atomic mass is 35.5. The van der Waals surface area contributed by atoms with Crippen LogP contribution in [0, 0.1) is 0 Å². The molecule has 1 unspecified atom stereocenters. The number of aliphatic carboxylic acids is 1. The van der Waals surface area contributed by atoms with Gasteiger partial charge >= 0.3 is 5.97 Å². The van der Waals surface area contributed by atoms with Crippen LogP contribution in [-0.4, -0.2) is 27.5 Å². The van der Waals surface area contributed by atoms with Gasteiger partial charge in [0.1, 0.15) is 10.7 Å². The van der Waals surface area contributed by atoms with Gasteiger partial charge in [0.2, 0.25) is 0 Å². The van der Waals surface area contributed by atoms with Crippen molar-refractivity contribution in [2.24, 2.45) is 0 Å². The van der Waals surface area contributed by atoms with E-state index in [-0.39, 0.29) is 22.2 Å². The molecule has 0 radical (unpaired) electrons. The van der Waals surface area contributed by atoms with Crippen LogP contribution >= 0.6 is 23.2 Å². The summed E-state index contributed by atoms with van der Waals surface area (Å²) in [5, 5.41) is 11.7. The van der Waals surface area contributed by atoms with Crippen molar-refractivity contribution in [2.45, 2.75) is 25.8 Å². The number of carboxylic acid groups (broad SMARTS) is 1. The number of amides is 1. The molecule has 98 valence electrons. The van der Waals surface area contributed by atoms with E-state index in [1.54, 1.807) is 6.92 Å². The fraction of sp³-hybridized carbons (Fsp3) is 0.364.